The summed E-state index contributed by atoms with van der Waals surface area (Å²) in [7, 11) is 0. The highest BCUT2D eigenvalue weighted by Gasteiger charge is 2.13. The molecule has 9 nitrogen and oxygen atoms in total. The van der Waals surface area contributed by atoms with Gasteiger partial charge in [-0.15, -0.1) is 0 Å². The Kier molecular flexibility index (Phi) is 7.67. The quantitative estimate of drug-likeness (QED) is 0.285. The summed E-state index contributed by atoms with van der Waals surface area (Å²) in [6.45, 7) is 0.950. The van der Waals surface area contributed by atoms with E-state index in [0.29, 0.717) is 11.3 Å². The normalized spacial score (nSPS) is 10.1. The largest absolute Gasteiger partial charge is 0.493 e. The van der Waals surface area contributed by atoms with Crippen LogP contribution in [0.25, 0.3) is 0 Å². The molecule has 0 aliphatic heterocycles. The second-order valence-electron chi connectivity index (χ2n) is 5.81. The van der Waals surface area contributed by atoms with Gasteiger partial charge in [0.2, 0.25) is 0 Å². The van der Waals surface area contributed by atoms with E-state index in [1.807, 2.05) is 0 Å². The summed E-state index contributed by atoms with van der Waals surface area (Å²) in [5, 5.41) is 13.0. The molecular formula is C19H17ClN2O7. The number of non-ortho nitro benzene ring substituents is 1. The van der Waals surface area contributed by atoms with Gasteiger partial charge in [-0.2, -0.15) is 0 Å². The van der Waals surface area contributed by atoms with E-state index in [-0.39, 0.29) is 35.2 Å². The zero-order valence-electron chi connectivity index (χ0n) is 15.3. The van der Waals surface area contributed by atoms with Crippen LogP contribution >= 0.6 is 11.6 Å². The number of anilines is 1. The van der Waals surface area contributed by atoms with E-state index in [4.69, 9.17) is 21.1 Å². The van der Waals surface area contributed by atoms with Gasteiger partial charge in [0, 0.05) is 17.7 Å². The van der Waals surface area contributed by atoms with Crippen LogP contribution in [0, 0.1) is 10.1 Å². The Hall–Kier alpha value is -3.46. The summed E-state index contributed by atoms with van der Waals surface area (Å²) >= 11 is 5.87. The van der Waals surface area contributed by atoms with Gasteiger partial charge in [-0.05, 0) is 37.3 Å². The second kappa shape index (κ2) is 10.2. The Labute approximate surface area is 170 Å². The summed E-state index contributed by atoms with van der Waals surface area (Å²) in [4.78, 5) is 44.8. The van der Waals surface area contributed by atoms with E-state index in [1.54, 1.807) is 24.3 Å². The molecule has 2 rings (SSSR count). The molecule has 0 unspecified atom stereocenters. The SMILES string of the molecule is CC(=O)c1ccc(OCCC(=O)OCC(=O)Nc2ccc([N+](=O)[O-])cc2Cl)cc1. The van der Waals surface area contributed by atoms with Gasteiger partial charge in [0.05, 0.1) is 28.7 Å². The first-order valence-electron chi connectivity index (χ1n) is 8.39. The number of carbonyl (C=O) groups excluding carboxylic acids is 3. The molecule has 0 atom stereocenters. The summed E-state index contributed by atoms with van der Waals surface area (Å²) < 4.78 is 10.2. The number of halogens is 1. The number of benzene rings is 2. The molecule has 0 heterocycles. The summed E-state index contributed by atoms with van der Waals surface area (Å²) in [5.74, 6) is -0.855. The molecule has 1 amide bonds. The molecule has 152 valence electrons. The van der Waals surface area contributed by atoms with E-state index < -0.39 is 23.4 Å². The van der Waals surface area contributed by atoms with Crippen molar-refractivity contribution in [3.8, 4) is 5.75 Å². The lowest BCUT2D eigenvalue weighted by atomic mass is 10.1. The van der Waals surface area contributed by atoms with Gasteiger partial charge < -0.3 is 14.8 Å². The second-order valence-corrected chi connectivity index (χ2v) is 6.22. The van der Waals surface area contributed by atoms with Gasteiger partial charge in [-0.1, -0.05) is 11.6 Å². The maximum atomic E-state index is 11.8. The Morgan fingerprint density at radius 2 is 1.83 bits per heavy atom. The average Bonchev–Trinajstić information content (AvgIpc) is 2.68. The van der Waals surface area contributed by atoms with E-state index in [1.165, 1.54) is 19.1 Å². The third kappa shape index (κ3) is 6.89. The van der Waals surface area contributed by atoms with Crippen LogP contribution in [0.5, 0.6) is 5.75 Å². The number of ether oxygens (including phenoxy) is 2. The minimum absolute atomic E-state index is 0.0110. The third-order valence-corrected chi connectivity index (χ3v) is 3.95. The minimum atomic E-state index is -0.644. The molecule has 1 N–H and O–H groups in total. The monoisotopic (exact) mass is 420 g/mol. The topological polar surface area (TPSA) is 125 Å². The number of nitrogens with one attached hydrogen (secondary N) is 1. The highest BCUT2D eigenvalue weighted by Crippen LogP contribution is 2.26. The first-order chi connectivity index (χ1) is 13.8. The van der Waals surface area contributed by atoms with Gasteiger partial charge in [-0.3, -0.25) is 24.5 Å². The molecule has 0 radical (unpaired) electrons. The molecule has 0 fully saturated rings. The van der Waals surface area contributed by atoms with Crippen LogP contribution in [0.2, 0.25) is 5.02 Å². The van der Waals surface area contributed by atoms with Crippen molar-refractivity contribution in [1.29, 1.82) is 0 Å². The van der Waals surface area contributed by atoms with Crippen molar-refractivity contribution in [2.75, 3.05) is 18.5 Å². The number of hydrogen-bond donors (Lipinski definition) is 1. The van der Waals surface area contributed by atoms with Crippen molar-refractivity contribution < 1.29 is 28.8 Å². The first-order valence-corrected chi connectivity index (χ1v) is 8.77. The molecule has 0 saturated heterocycles. The smallest absolute Gasteiger partial charge is 0.309 e. The molecule has 0 aliphatic carbocycles. The fourth-order valence-electron chi connectivity index (χ4n) is 2.16. The molecule has 0 aromatic heterocycles. The fourth-order valence-corrected chi connectivity index (χ4v) is 2.38. The van der Waals surface area contributed by atoms with Crippen LogP contribution in [-0.4, -0.2) is 35.8 Å². The van der Waals surface area contributed by atoms with Gasteiger partial charge >= 0.3 is 5.97 Å². The molecule has 0 saturated carbocycles. The molecule has 2 aromatic rings. The maximum absolute atomic E-state index is 11.8. The number of amides is 1. The van der Waals surface area contributed by atoms with Crippen LogP contribution in [0.1, 0.15) is 23.7 Å². The van der Waals surface area contributed by atoms with Gasteiger partial charge in [0.1, 0.15) is 5.75 Å². The molecular weight excluding hydrogens is 404 g/mol. The van der Waals surface area contributed by atoms with Gasteiger partial charge in [0.25, 0.3) is 11.6 Å². The first kappa shape index (κ1) is 21.8. The molecule has 2 aromatic carbocycles. The highest BCUT2D eigenvalue weighted by atomic mass is 35.5. The van der Waals surface area contributed by atoms with Crippen LogP contribution in [0.4, 0.5) is 11.4 Å². The lowest BCUT2D eigenvalue weighted by Gasteiger charge is -2.09. The summed E-state index contributed by atoms with van der Waals surface area (Å²) in [6.07, 6.45) is -0.0833. The number of Topliss-reactive ketones (excluding diaryl/α,β-unsaturated/α-hetero) is 1. The zero-order valence-corrected chi connectivity index (χ0v) is 16.1. The van der Waals surface area contributed by atoms with Crippen LogP contribution in [-0.2, 0) is 14.3 Å². The Morgan fingerprint density at radius 1 is 1.14 bits per heavy atom. The standard InChI is InChI=1S/C19H17ClN2O7/c1-12(23)13-2-5-15(6-3-13)28-9-8-19(25)29-11-18(24)21-17-7-4-14(22(26)27)10-16(17)20/h2-7,10H,8-9,11H2,1H3,(H,21,24). The number of nitro benzene ring substituents is 1. The van der Waals surface area contributed by atoms with Crippen LogP contribution in [0.3, 0.4) is 0 Å². The van der Waals surface area contributed by atoms with Crippen LogP contribution < -0.4 is 10.1 Å². The number of esters is 1. The average molecular weight is 421 g/mol. The maximum Gasteiger partial charge on any atom is 0.309 e. The third-order valence-electron chi connectivity index (χ3n) is 3.64. The number of ketones is 1. The molecule has 0 spiro atoms. The number of carbonyl (C=O) groups is 3. The molecule has 10 heteroatoms. The van der Waals surface area contributed by atoms with E-state index in [0.717, 1.165) is 6.07 Å². The fraction of sp³-hybridized carbons (Fsp3) is 0.211. The molecule has 29 heavy (non-hydrogen) atoms. The van der Waals surface area contributed by atoms with Gasteiger partial charge in [0.15, 0.2) is 12.4 Å². The van der Waals surface area contributed by atoms with Gasteiger partial charge in [-0.25, -0.2) is 0 Å². The lowest BCUT2D eigenvalue weighted by molar-refractivity contribution is -0.384. The Bertz CT molecular complexity index is 929. The van der Waals surface area contributed by atoms with Crippen LogP contribution in [0.15, 0.2) is 42.5 Å². The summed E-state index contributed by atoms with van der Waals surface area (Å²) in [5.41, 5.74) is 0.502. The van der Waals surface area contributed by atoms with Crippen molar-refractivity contribution in [1.82, 2.24) is 0 Å². The van der Waals surface area contributed by atoms with Crippen molar-refractivity contribution >= 4 is 40.6 Å². The molecule has 0 bridgehead atoms. The highest BCUT2D eigenvalue weighted by molar-refractivity contribution is 6.34. The predicted octanol–water partition coefficient (Wildman–Crippen LogP) is 3.40. The van der Waals surface area contributed by atoms with Crippen molar-refractivity contribution in [2.24, 2.45) is 0 Å². The van der Waals surface area contributed by atoms with Crippen molar-refractivity contribution in [3.05, 3.63) is 63.2 Å². The lowest BCUT2D eigenvalue weighted by Crippen LogP contribution is -2.21. The number of nitrogens with zero attached hydrogens (tertiary/aromatic N) is 1. The predicted molar refractivity (Wildman–Crippen MR) is 104 cm³/mol. The van der Waals surface area contributed by atoms with E-state index in [9.17, 15) is 24.5 Å². The zero-order chi connectivity index (χ0) is 21.4. The van der Waals surface area contributed by atoms with Crippen molar-refractivity contribution in [2.45, 2.75) is 13.3 Å². The van der Waals surface area contributed by atoms with E-state index in [2.05, 4.69) is 5.32 Å². The Morgan fingerprint density at radius 3 is 2.41 bits per heavy atom. The molecule has 0 aliphatic rings. The van der Waals surface area contributed by atoms with Crippen molar-refractivity contribution in [3.63, 3.8) is 0 Å². The summed E-state index contributed by atoms with van der Waals surface area (Å²) in [6, 6.07) is 10.0. The number of hydrogen-bond acceptors (Lipinski definition) is 7. The number of rotatable bonds is 9. The Balaban J connectivity index is 1.72. The minimum Gasteiger partial charge on any atom is -0.493 e. The number of nitro groups is 1. The van der Waals surface area contributed by atoms with E-state index >= 15 is 0 Å².